The van der Waals surface area contributed by atoms with Gasteiger partial charge in [0.1, 0.15) is 5.82 Å². The van der Waals surface area contributed by atoms with Crippen molar-refractivity contribution in [2.45, 2.75) is 20.8 Å². The van der Waals surface area contributed by atoms with Gasteiger partial charge >= 0.3 is 0 Å². The number of Topliss-reactive ketones (excluding diaryl/α,β-unsaturated/α-hetero) is 1. The van der Waals surface area contributed by atoms with E-state index in [1.807, 2.05) is 41.8 Å². The van der Waals surface area contributed by atoms with E-state index in [4.69, 9.17) is 0 Å². The fourth-order valence-corrected chi connectivity index (χ4v) is 3.19. The molecule has 1 aliphatic rings. The van der Waals surface area contributed by atoms with Crippen LogP contribution in [0.3, 0.4) is 0 Å². The van der Waals surface area contributed by atoms with Gasteiger partial charge in [-0.25, -0.2) is 4.39 Å². The number of nitrogens with zero attached hydrogens (tertiary/aromatic N) is 2. The monoisotopic (exact) mass is 354 g/mol. The molecule has 0 aliphatic carbocycles. The summed E-state index contributed by atoms with van der Waals surface area (Å²) in [6.07, 6.45) is 0. The van der Waals surface area contributed by atoms with Crippen LogP contribution in [0.4, 0.5) is 10.1 Å². The molecule has 0 N–H and O–H groups in total. The molecular formula is C21H23FN2O2. The summed E-state index contributed by atoms with van der Waals surface area (Å²) in [6, 6.07) is 10.3. The predicted molar refractivity (Wildman–Crippen MR) is 100 cm³/mol. The zero-order valence-electron chi connectivity index (χ0n) is 15.4. The second kappa shape index (κ2) is 7.28. The average Bonchev–Trinajstić information content (AvgIpc) is 2.63. The normalized spacial score (nSPS) is 14.5. The number of aryl methyl sites for hydroxylation is 2. The third-order valence-corrected chi connectivity index (χ3v) is 5.02. The van der Waals surface area contributed by atoms with Crippen molar-refractivity contribution in [1.29, 1.82) is 0 Å². The van der Waals surface area contributed by atoms with Crippen molar-refractivity contribution in [3.63, 3.8) is 0 Å². The van der Waals surface area contributed by atoms with Gasteiger partial charge in [-0.15, -0.1) is 0 Å². The third-order valence-electron chi connectivity index (χ3n) is 5.02. The summed E-state index contributed by atoms with van der Waals surface area (Å²) in [6.45, 7) is 7.65. The number of rotatable bonds is 3. The van der Waals surface area contributed by atoms with Gasteiger partial charge in [0.2, 0.25) is 0 Å². The van der Waals surface area contributed by atoms with Crippen LogP contribution < -0.4 is 4.90 Å². The number of ketones is 1. The Labute approximate surface area is 153 Å². The van der Waals surface area contributed by atoms with Crippen molar-refractivity contribution >= 4 is 17.4 Å². The van der Waals surface area contributed by atoms with Gasteiger partial charge in [0.05, 0.1) is 5.69 Å². The molecule has 2 aromatic rings. The molecule has 2 aromatic carbocycles. The molecule has 1 saturated heterocycles. The first-order valence-corrected chi connectivity index (χ1v) is 8.79. The maximum Gasteiger partial charge on any atom is 0.253 e. The smallest absolute Gasteiger partial charge is 0.253 e. The second-order valence-electron chi connectivity index (χ2n) is 6.80. The first kappa shape index (κ1) is 18.1. The van der Waals surface area contributed by atoms with E-state index in [9.17, 15) is 14.0 Å². The van der Waals surface area contributed by atoms with Gasteiger partial charge in [-0.2, -0.15) is 0 Å². The molecule has 0 aromatic heterocycles. The van der Waals surface area contributed by atoms with Crippen molar-refractivity contribution in [2.24, 2.45) is 0 Å². The maximum absolute atomic E-state index is 14.3. The highest BCUT2D eigenvalue weighted by Gasteiger charge is 2.24. The van der Waals surface area contributed by atoms with E-state index in [1.165, 1.54) is 13.0 Å². The second-order valence-corrected chi connectivity index (χ2v) is 6.80. The molecule has 0 saturated carbocycles. The first-order valence-electron chi connectivity index (χ1n) is 8.79. The molecule has 0 radical (unpaired) electrons. The van der Waals surface area contributed by atoms with E-state index in [2.05, 4.69) is 0 Å². The number of halogens is 1. The van der Waals surface area contributed by atoms with Gasteiger partial charge in [0.15, 0.2) is 5.78 Å². The number of anilines is 1. The maximum atomic E-state index is 14.3. The number of amides is 1. The van der Waals surface area contributed by atoms with E-state index in [0.29, 0.717) is 43.0 Å². The van der Waals surface area contributed by atoms with Crippen LogP contribution in [0.15, 0.2) is 36.4 Å². The summed E-state index contributed by atoms with van der Waals surface area (Å²) < 4.78 is 14.3. The van der Waals surface area contributed by atoms with E-state index >= 15 is 0 Å². The molecule has 0 atom stereocenters. The standard InChI is InChI=1S/C21H23FN2O2/c1-14-4-5-18(12-15(14)2)21(26)24-10-8-23(9-11-24)20-7-6-17(16(3)25)13-19(20)22/h4-7,12-13H,8-11H2,1-3H3. The molecule has 1 aliphatic heterocycles. The zero-order valence-corrected chi connectivity index (χ0v) is 15.4. The van der Waals surface area contributed by atoms with Crippen molar-refractivity contribution in [3.05, 3.63) is 64.5 Å². The number of carbonyl (C=O) groups excluding carboxylic acids is 2. The van der Waals surface area contributed by atoms with Crippen LogP contribution in [0.2, 0.25) is 0 Å². The fraction of sp³-hybridized carbons (Fsp3) is 0.333. The van der Waals surface area contributed by atoms with Gasteiger partial charge in [-0.3, -0.25) is 9.59 Å². The lowest BCUT2D eigenvalue weighted by Crippen LogP contribution is -2.49. The number of hydrogen-bond donors (Lipinski definition) is 0. The molecule has 0 unspecified atom stereocenters. The Morgan fingerprint density at radius 1 is 0.885 bits per heavy atom. The highest BCUT2D eigenvalue weighted by molar-refractivity contribution is 5.95. The average molecular weight is 354 g/mol. The van der Waals surface area contributed by atoms with Crippen molar-refractivity contribution < 1.29 is 14.0 Å². The molecule has 1 fully saturated rings. The number of carbonyl (C=O) groups is 2. The molecule has 1 amide bonds. The van der Waals surface area contributed by atoms with E-state index in [0.717, 1.165) is 11.1 Å². The van der Waals surface area contributed by atoms with Crippen LogP contribution in [0.25, 0.3) is 0 Å². The molecule has 26 heavy (non-hydrogen) atoms. The van der Waals surface area contributed by atoms with Crippen LogP contribution in [-0.2, 0) is 0 Å². The quantitative estimate of drug-likeness (QED) is 0.791. The van der Waals surface area contributed by atoms with Crippen LogP contribution in [0.1, 0.15) is 38.8 Å². The first-order chi connectivity index (χ1) is 12.4. The third kappa shape index (κ3) is 3.62. The van der Waals surface area contributed by atoms with E-state index < -0.39 is 5.82 Å². The van der Waals surface area contributed by atoms with Gasteiger partial charge < -0.3 is 9.80 Å². The molecular weight excluding hydrogens is 331 g/mol. The summed E-state index contributed by atoms with van der Waals surface area (Å²) >= 11 is 0. The number of piperazine rings is 1. The highest BCUT2D eigenvalue weighted by atomic mass is 19.1. The molecule has 4 nitrogen and oxygen atoms in total. The predicted octanol–water partition coefficient (Wildman–Crippen LogP) is 3.61. The fourth-order valence-electron chi connectivity index (χ4n) is 3.19. The summed E-state index contributed by atoms with van der Waals surface area (Å²) in [7, 11) is 0. The minimum Gasteiger partial charge on any atom is -0.366 e. The van der Waals surface area contributed by atoms with Crippen molar-refractivity contribution in [2.75, 3.05) is 31.1 Å². The van der Waals surface area contributed by atoms with E-state index in [-0.39, 0.29) is 11.7 Å². The zero-order chi connectivity index (χ0) is 18.8. The Hall–Kier alpha value is -2.69. The van der Waals surface area contributed by atoms with Crippen LogP contribution in [-0.4, -0.2) is 42.8 Å². The number of benzene rings is 2. The van der Waals surface area contributed by atoms with Crippen LogP contribution in [0, 0.1) is 19.7 Å². The largest absolute Gasteiger partial charge is 0.366 e. The lowest BCUT2D eigenvalue weighted by atomic mass is 10.1. The Bertz CT molecular complexity index is 855. The summed E-state index contributed by atoms with van der Waals surface area (Å²) in [5, 5.41) is 0. The molecule has 0 spiro atoms. The minimum absolute atomic E-state index is 0.0140. The molecule has 3 rings (SSSR count). The molecule has 0 bridgehead atoms. The summed E-state index contributed by atoms with van der Waals surface area (Å²) in [4.78, 5) is 27.8. The van der Waals surface area contributed by atoms with Gasteiger partial charge in [-0.1, -0.05) is 6.07 Å². The van der Waals surface area contributed by atoms with Gasteiger partial charge in [-0.05, 0) is 62.2 Å². The minimum atomic E-state index is -0.397. The van der Waals surface area contributed by atoms with Gasteiger partial charge in [0.25, 0.3) is 5.91 Å². The van der Waals surface area contributed by atoms with Crippen molar-refractivity contribution in [1.82, 2.24) is 4.90 Å². The van der Waals surface area contributed by atoms with Gasteiger partial charge in [0, 0.05) is 37.3 Å². The van der Waals surface area contributed by atoms with Crippen LogP contribution in [0.5, 0.6) is 0 Å². The molecule has 136 valence electrons. The Morgan fingerprint density at radius 3 is 2.12 bits per heavy atom. The van der Waals surface area contributed by atoms with Crippen molar-refractivity contribution in [3.8, 4) is 0 Å². The number of hydrogen-bond acceptors (Lipinski definition) is 3. The Kier molecular flexibility index (Phi) is 5.07. The molecule has 1 heterocycles. The Balaban J connectivity index is 1.68. The Morgan fingerprint density at radius 2 is 1.54 bits per heavy atom. The summed E-state index contributed by atoms with van der Waals surface area (Å²) in [5.41, 5.74) is 3.81. The van der Waals surface area contributed by atoms with E-state index in [1.54, 1.807) is 12.1 Å². The summed E-state index contributed by atoms with van der Waals surface area (Å²) in [5.74, 6) is -0.536. The highest BCUT2D eigenvalue weighted by Crippen LogP contribution is 2.23. The van der Waals surface area contributed by atoms with Crippen LogP contribution >= 0.6 is 0 Å². The lowest BCUT2D eigenvalue weighted by Gasteiger charge is -2.36. The lowest BCUT2D eigenvalue weighted by molar-refractivity contribution is 0.0746. The molecule has 5 heteroatoms. The topological polar surface area (TPSA) is 40.6 Å². The SMILES string of the molecule is CC(=O)c1ccc(N2CCN(C(=O)c3ccc(C)c(C)c3)CC2)c(F)c1.